The summed E-state index contributed by atoms with van der Waals surface area (Å²) in [6.45, 7) is 4.45. The minimum atomic E-state index is 0.344. The molecule has 0 aromatic carbocycles. The molecule has 0 bridgehead atoms. The van der Waals surface area contributed by atoms with Crippen molar-refractivity contribution >= 4 is 5.91 Å². The van der Waals surface area contributed by atoms with Crippen LogP contribution in [0.2, 0.25) is 0 Å². The van der Waals surface area contributed by atoms with Crippen LogP contribution in [0.25, 0.3) is 0 Å². The molecule has 2 fully saturated rings. The van der Waals surface area contributed by atoms with Gasteiger partial charge < -0.3 is 4.90 Å². The summed E-state index contributed by atoms with van der Waals surface area (Å²) in [5.74, 6) is 0.998. The molecule has 1 heterocycles. The zero-order valence-electron chi connectivity index (χ0n) is 8.04. The van der Waals surface area contributed by atoms with Crippen LogP contribution >= 0.6 is 0 Å². The van der Waals surface area contributed by atoms with Crippen molar-refractivity contribution in [3.8, 4) is 0 Å². The molecular formula is C11H17NO. The maximum absolute atomic E-state index is 11.6. The van der Waals surface area contributed by atoms with Crippen LogP contribution in [0.3, 0.4) is 0 Å². The van der Waals surface area contributed by atoms with Crippen molar-refractivity contribution in [2.75, 3.05) is 6.54 Å². The molecule has 1 saturated heterocycles. The average molecular weight is 179 g/mol. The fraction of sp³-hybridized carbons (Fsp3) is 0.727. The predicted octanol–water partition coefficient (Wildman–Crippen LogP) is 1.96. The number of carbonyl (C=O) groups is 1. The van der Waals surface area contributed by atoms with E-state index in [-0.39, 0.29) is 0 Å². The summed E-state index contributed by atoms with van der Waals surface area (Å²) in [5.41, 5.74) is 0. The van der Waals surface area contributed by atoms with Gasteiger partial charge in [-0.15, -0.1) is 6.58 Å². The quantitative estimate of drug-likeness (QED) is 0.593. The van der Waals surface area contributed by atoms with Gasteiger partial charge in [0.2, 0.25) is 5.91 Å². The first-order valence-electron chi connectivity index (χ1n) is 5.23. The Kier molecular flexibility index (Phi) is 2.38. The summed E-state index contributed by atoms with van der Waals surface area (Å²) in [6.07, 6.45) is 7.71. The number of rotatable bonds is 2. The molecule has 1 aliphatic carbocycles. The summed E-state index contributed by atoms with van der Waals surface area (Å²) in [5, 5.41) is 0. The highest BCUT2D eigenvalue weighted by Gasteiger charge is 2.39. The maximum atomic E-state index is 11.6. The number of likely N-dealkylation sites (tertiary alicyclic amines) is 1. The Morgan fingerprint density at radius 1 is 1.46 bits per heavy atom. The number of hydrogen-bond donors (Lipinski definition) is 0. The molecule has 0 radical (unpaired) electrons. The van der Waals surface area contributed by atoms with Crippen molar-refractivity contribution in [3.05, 3.63) is 12.7 Å². The zero-order chi connectivity index (χ0) is 9.26. The fourth-order valence-electron chi connectivity index (χ4n) is 2.74. The lowest BCUT2D eigenvalue weighted by atomic mass is 9.85. The molecule has 0 spiro atoms. The highest BCUT2D eigenvalue weighted by Crippen LogP contribution is 2.36. The van der Waals surface area contributed by atoms with Crippen LogP contribution in [0.5, 0.6) is 0 Å². The summed E-state index contributed by atoms with van der Waals surface area (Å²) >= 11 is 0. The van der Waals surface area contributed by atoms with Gasteiger partial charge >= 0.3 is 0 Å². The van der Waals surface area contributed by atoms with Crippen LogP contribution < -0.4 is 0 Å². The minimum Gasteiger partial charge on any atom is -0.336 e. The number of amides is 1. The number of fused-ring (bicyclic) bond motifs is 1. The van der Waals surface area contributed by atoms with Crippen molar-refractivity contribution in [2.45, 2.75) is 38.1 Å². The second-order valence-corrected chi connectivity index (χ2v) is 4.15. The third-order valence-electron chi connectivity index (χ3n) is 3.35. The molecule has 2 atom stereocenters. The molecule has 2 rings (SSSR count). The molecule has 0 N–H and O–H groups in total. The van der Waals surface area contributed by atoms with Crippen molar-refractivity contribution < 1.29 is 4.79 Å². The highest BCUT2D eigenvalue weighted by atomic mass is 16.2. The maximum Gasteiger partial charge on any atom is 0.223 e. The molecule has 0 unspecified atom stereocenters. The van der Waals surface area contributed by atoms with E-state index in [1.165, 1.54) is 25.7 Å². The summed E-state index contributed by atoms with van der Waals surface area (Å²) in [7, 11) is 0. The van der Waals surface area contributed by atoms with Gasteiger partial charge in [0.15, 0.2) is 0 Å². The standard InChI is InChI=1S/C11H17NO/c1-2-7-12-10-6-4-3-5-9(10)8-11(12)13/h2,9-10H,1,3-8H2/t9-,10-/m0/s1. The van der Waals surface area contributed by atoms with Gasteiger partial charge in [-0.2, -0.15) is 0 Å². The van der Waals surface area contributed by atoms with Gasteiger partial charge in [-0.1, -0.05) is 18.9 Å². The van der Waals surface area contributed by atoms with Crippen LogP contribution in [-0.2, 0) is 4.79 Å². The van der Waals surface area contributed by atoms with Gasteiger partial charge in [-0.05, 0) is 18.8 Å². The lowest BCUT2D eigenvalue weighted by molar-refractivity contribution is -0.128. The van der Waals surface area contributed by atoms with E-state index in [1.807, 2.05) is 11.0 Å². The molecule has 0 aromatic heterocycles. The molecule has 2 heteroatoms. The Balaban J connectivity index is 2.08. The monoisotopic (exact) mass is 179 g/mol. The highest BCUT2D eigenvalue weighted by molar-refractivity contribution is 5.79. The van der Waals surface area contributed by atoms with E-state index in [0.29, 0.717) is 17.9 Å². The smallest absolute Gasteiger partial charge is 0.223 e. The van der Waals surface area contributed by atoms with Gasteiger partial charge in [0.05, 0.1) is 0 Å². The fourth-order valence-corrected chi connectivity index (χ4v) is 2.74. The van der Waals surface area contributed by atoms with Crippen molar-refractivity contribution in [1.82, 2.24) is 4.90 Å². The van der Waals surface area contributed by atoms with Crippen LogP contribution in [0.1, 0.15) is 32.1 Å². The zero-order valence-corrected chi connectivity index (χ0v) is 8.04. The molecule has 1 amide bonds. The van der Waals surface area contributed by atoms with Crippen LogP contribution in [0, 0.1) is 5.92 Å². The average Bonchev–Trinajstić information content (AvgIpc) is 2.44. The van der Waals surface area contributed by atoms with Crippen molar-refractivity contribution in [3.63, 3.8) is 0 Å². The van der Waals surface area contributed by atoms with Crippen LogP contribution in [0.15, 0.2) is 12.7 Å². The predicted molar refractivity (Wildman–Crippen MR) is 52.3 cm³/mol. The van der Waals surface area contributed by atoms with E-state index in [9.17, 15) is 4.79 Å². The first-order chi connectivity index (χ1) is 6.33. The normalized spacial score (nSPS) is 33.2. The van der Waals surface area contributed by atoms with Gasteiger partial charge in [0.1, 0.15) is 0 Å². The van der Waals surface area contributed by atoms with Crippen LogP contribution in [0.4, 0.5) is 0 Å². The Morgan fingerprint density at radius 2 is 2.23 bits per heavy atom. The second-order valence-electron chi connectivity index (χ2n) is 4.15. The first-order valence-corrected chi connectivity index (χ1v) is 5.23. The van der Waals surface area contributed by atoms with E-state index in [1.54, 1.807) is 0 Å². The third-order valence-corrected chi connectivity index (χ3v) is 3.35. The largest absolute Gasteiger partial charge is 0.336 e. The van der Waals surface area contributed by atoms with E-state index in [2.05, 4.69) is 6.58 Å². The lowest BCUT2D eigenvalue weighted by Gasteiger charge is -2.30. The van der Waals surface area contributed by atoms with Gasteiger partial charge in [0, 0.05) is 19.0 Å². The molecule has 13 heavy (non-hydrogen) atoms. The molecule has 72 valence electrons. The van der Waals surface area contributed by atoms with E-state index < -0.39 is 0 Å². The van der Waals surface area contributed by atoms with Gasteiger partial charge in [-0.25, -0.2) is 0 Å². The Morgan fingerprint density at radius 3 is 3.00 bits per heavy atom. The van der Waals surface area contributed by atoms with Gasteiger partial charge in [-0.3, -0.25) is 4.79 Å². The topological polar surface area (TPSA) is 20.3 Å². The Labute approximate surface area is 79.6 Å². The molecule has 2 nitrogen and oxygen atoms in total. The van der Waals surface area contributed by atoms with E-state index in [4.69, 9.17) is 0 Å². The lowest BCUT2D eigenvalue weighted by Crippen LogP contribution is -2.36. The van der Waals surface area contributed by atoms with Gasteiger partial charge in [0.25, 0.3) is 0 Å². The molecule has 1 aliphatic heterocycles. The second kappa shape index (κ2) is 3.52. The van der Waals surface area contributed by atoms with Crippen LogP contribution in [-0.4, -0.2) is 23.4 Å². The number of carbonyl (C=O) groups excluding carboxylic acids is 1. The SMILES string of the molecule is C=CCN1C(=O)C[C@@H]2CCCC[C@@H]21. The van der Waals surface area contributed by atoms with E-state index in [0.717, 1.165) is 13.0 Å². The molecule has 0 aromatic rings. The minimum absolute atomic E-state index is 0.344. The van der Waals surface area contributed by atoms with Crippen molar-refractivity contribution in [1.29, 1.82) is 0 Å². The molecule has 1 saturated carbocycles. The van der Waals surface area contributed by atoms with E-state index >= 15 is 0 Å². The Hall–Kier alpha value is -0.790. The first kappa shape index (κ1) is 8.79. The Bertz CT molecular complexity index is 224. The number of hydrogen-bond acceptors (Lipinski definition) is 1. The summed E-state index contributed by atoms with van der Waals surface area (Å²) in [4.78, 5) is 13.6. The third kappa shape index (κ3) is 1.50. The number of nitrogens with zero attached hydrogens (tertiary/aromatic N) is 1. The molecular weight excluding hydrogens is 162 g/mol. The van der Waals surface area contributed by atoms with Crippen molar-refractivity contribution in [2.24, 2.45) is 5.92 Å². The summed E-state index contributed by atoms with van der Waals surface area (Å²) < 4.78 is 0. The summed E-state index contributed by atoms with van der Waals surface area (Å²) in [6, 6.07) is 0.541. The molecule has 2 aliphatic rings.